The largest absolute Gasteiger partial charge is 0.416 e. The minimum absolute atomic E-state index is 0.237. The van der Waals surface area contributed by atoms with Gasteiger partial charge in [-0.1, -0.05) is 30.3 Å². The molecule has 0 heterocycles. The number of halogens is 4. The first-order valence-corrected chi connectivity index (χ1v) is 8.67. The second-order valence-electron chi connectivity index (χ2n) is 5.83. The summed E-state index contributed by atoms with van der Waals surface area (Å²) >= 11 is 2.08. The van der Waals surface area contributed by atoms with Crippen LogP contribution in [0.25, 0.3) is 0 Å². The fourth-order valence-electron chi connectivity index (χ4n) is 3.01. The van der Waals surface area contributed by atoms with Crippen LogP contribution in [0.3, 0.4) is 0 Å². The molecule has 126 valence electrons. The van der Waals surface area contributed by atoms with Gasteiger partial charge in [-0.3, -0.25) is 4.79 Å². The first-order chi connectivity index (χ1) is 11.4. The molecular formula is C18H15F3INO. The molecule has 0 bridgehead atoms. The Bertz CT molecular complexity index is 760. The van der Waals surface area contributed by atoms with Crippen LogP contribution in [0.4, 0.5) is 13.2 Å². The van der Waals surface area contributed by atoms with Gasteiger partial charge in [0.05, 0.1) is 11.1 Å². The Labute approximate surface area is 151 Å². The molecule has 2 atom stereocenters. The third kappa shape index (κ3) is 3.43. The van der Waals surface area contributed by atoms with E-state index in [-0.39, 0.29) is 23.4 Å². The van der Waals surface area contributed by atoms with Gasteiger partial charge in [-0.2, -0.15) is 13.2 Å². The van der Waals surface area contributed by atoms with Crippen molar-refractivity contribution in [1.29, 1.82) is 0 Å². The average molecular weight is 445 g/mol. The minimum Gasteiger partial charge on any atom is -0.349 e. The maximum Gasteiger partial charge on any atom is 0.416 e. The summed E-state index contributed by atoms with van der Waals surface area (Å²) in [4.78, 5) is 12.4. The molecule has 2 nitrogen and oxygen atoms in total. The third-order valence-electron chi connectivity index (χ3n) is 4.38. The lowest BCUT2D eigenvalue weighted by atomic mass is 9.73. The Hall–Kier alpha value is -1.57. The molecule has 1 fully saturated rings. The van der Waals surface area contributed by atoms with Crippen LogP contribution in [0.15, 0.2) is 48.5 Å². The number of amides is 1. The Kier molecular flexibility index (Phi) is 4.85. The average Bonchev–Trinajstić information content (AvgIpc) is 2.51. The normalized spacial score (nSPS) is 20.3. The summed E-state index contributed by atoms with van der Waals surface area (Å²) in [6.07, 6.45) is -3.05. The van der Waals surface area contributed by atoms with E-state index in [2.05, 4.69) is 27.9 Å². The summed E-state index contributed by atoms with van der Waals surface area (Å²) in [5.74, 6) is -0.535. The summed E-state index contributed by atoms with van der Waals surface area (Å²) in [7, 11) is 0. The van der Waals surface area contributed by atoms with Crippen LogP contribution in [0.2, 0.25) is 0 Å². The number of carbonyl (C=O) groups excluding carboxylic acids is 1. The second-order valence-corrected chi connectivity index (χ2v) is 6.99. The van der Waals surface area contributed by atoms with Crippen molar-refractivity contribution in [1.82, 2.24) is 5.32 Å². The Balaban J connectivity index is 1.79. The zero-order valence-corrected chi connectivity index (χ0v) is 14.8. The van der Waals surface area contributed by atoms with Gasteiger partial charge in [0.1, 0.15) is 0 Å². The highest BCUT2D eigenvalue weighted by Crippen LogP contribution is 2.43. The van der Waals surface area contributed by atoms with Crippen molar-refractivity contribution in [2.75, 3.05) is 0 Å². The highest BCUT2D eigenvalue weighted by molar-refractivity contribution is 14.1. The zero-order valence-electron chi connectivity index (χ0n) is 12.6. The van der Waals surface area contributed by atoms with E-state index in [1.807, 2.05) is 12.1 Å². The fraction of sp³-hybridized carbons (Fsp3) is 0.278. The third-order valence-corrected chi connectivity index (χ3v) is 5.32. The van der Waals surface area contributed by atoms with Crippen LogP contribution in [0.1, 0.15) is 40.2 Å². The molecule has 0 aromatic heterocycles. The molecule has 1 unspecified atom stereocenters. The number of carbonyl (C=O) groups is 1. The molecule has 1 N–H and O–H groups in total. The molecule has 1 amide bonds. The Morgan fingerprint density at radius 1 is 1.04 bits per heavy atom. The van der Waals surface area contributed by atoms with Gasteiger partial charge in [-0.25, -0.2) is 0 Å². The quantitative estimate of drug-likeness (QED) is 0.664. The lowest BCUT2D eigenvalue weighted by Gasteiger charge is -2.38. The number of benzene rings is 2. The molecule has 3 rings (SSSR count). The number of hydrogen-bond acceptors (Lipinski definition) is 1. The van der Waals surface area contributed by atoms with E-state index in [1.165, 1.54) is 12.1 Å². The molecule has 24 heavy (non-hydrogen) atoms. The lowest BCUT2D eigenvalue weighted by molar-refractivity contribution is -0.138. The summed E-state index contributed by atoms with van der Waals surface area (Å²) in [5, 5.41) is 2.89. The van der Waals surface area contributed by atoms with Crippen molar-refractivity contribution < 1.29 is 18.0 Å². The van der Waals surface area contributed by atoms with Gasteiger partial charge in [0, 0.05) is 15.5 Å². The number of alkyl halides is 3. The number of rotatable bonds is 3. The highest BCUT2D eigenvalue weighted by Gasteiger charge is 2.40. The molecule has 1 saturated carbocycles. The van der Waals surface area contributed by atoms with Gasteiger partial charge in [-0.05, 0) is 59.2 Å². The smallest absolute Gasteiger partial charge is 0.349 e. The molecular weight excluding hydrogens is 430 g/mol. The molecule has 2 aromatic carbocycles. The molecule has 0 spiro atoms. The van der Waals surface area contributed by atoms with E-state index >= 15 is 0 Å². The number of hydrogen-bond donors (Lipinski definition) is 1. The predicted molar refractivity (Wildman–Crippen MR) is 93.8 cm³/mol. The molecule has 0 aliphatic heterocycles. The van der Waals surface area contributed by atoms with E-state index in [0.29, 0.717) is 18.4 Å². The van der Waals surface area contributed by atoms with E-state index in [4.69, 9.17) is 0 Å². The highest BCUT2D eigenvalue weighted by atomic mass is 127. The summed E-state index contributed by atoms with van der Waals surface area (Å²) in [6.45, 7) is 0. The zero-order chi connectivity index (χ0) is 17.3. The van der Waals surface area contributed by atoms with E-state index < -0.39 is 11.7 Å². The van der Waals surface area contributed by atoms with Gasteiger partial charge < -0.3 is 5.32 Å². The van der Waals surface area contributed by atoms with Crippen molar-refractivity contribution in [3.63, 3.8) is 0 Å². The van der Waals surface area contributed by atoms with Crippen LogP contribution in [0, 0.1) is 3.57 Å². The standard InChI is InChI=1S/C18H15F3INO/c19-18(20,21)14-7-3-1-5-11(14)12-9-10-16(12)23-17(24)13-6-2-4-8-15(13)22/h1-8,12,16H,9-10H2,(H,23,24)/t12?,16-/m0/s1. The summed E-state index contributed by atoms with van der Waals surface area (Å²) < 4.78 is 40.4. The van der Waals surface area contributed by atoms with E-state index in [1.54, 1.807) is 18.2 Å². The lowest BCUT2D eigenvalue weighted by Crippen LogP contribution is -2.46. The van der Waals surface area contributed by atoms with Crippen molar-refractivity contribution >= 4 is 28.5 Å². The van der Waals surface area contributed by atoms with E-state index in [0.717, 1.165) is 9.64 Å². The van der Waals surface area contributed by atoms with Gasteiger partial charge in [0.2, 0.25) is 0 Å². The summed E-state index contributed by atoms with van der Waals surface area (Å²) in [5.41, 5.74) is 0.209. The van der Waals surface area contributed by atoms with Gasteiger partial charge in [0.25, 0.3) is 5.91 Å². The minimum atomic E-state index is -4.38. The maximum atomic E-state index is 13.2. The van der Waals surface area contributed by atoms with Crippen LogP contribution < -0.4 is 5.32 Å². The first kappa shape index (κ1) is 17.3. The van der Waals surface area contributed by atoms with Crippen molar-refractivity contribution in [3.8, 4) is 0 Å². The van der Waals surface area contributed by atoms with Gasteiger partial charge >= 0.3 is 6.18 Å². The Morgan fingerprint density at radius 2 is 1.71 bits per heavy atom. The summed E-state index contributed by atoms with van der Waals surface area (Å²) in [6, 6.07) is 12.5. The molecule has 0 radical (unpaired) electrons. The van der Waals surface area contributed by atoms with Crippen molar-refractivity contribution in [2.45, 2.75) is 31.0 Å². The molecule has 1 aliphatic carbocycles. The van der Waals surface area contributed by atoms with Crippen LogP contribution in [0.5, 0.6) is 0 Å². The number of nitrogens with one attached hydrogen (secondary N) is 1. The van der Waals surface area contributed by atoms with Crippen LogP contribution in [-0.4, -0.2) is 11.9 Å². The monoisotopic (exact) mass is 445 g/mol. The second kappa shape index (κ2) is 6.74. The van der Waals surface area contributed by atoms with Gasteiger partial charge in [0.15, 0.2) is 0 Å². The molecule has 1 aliphatic rings. The molecule has 6 heteroatoms. The SMILES string of the molecule is O=C(N[C@H]1CCC1c1ccccc1C(F)(F)F)c1ccccc1I. The van der Waals surface area contributed by atoms with Crippen molar-refractivity contribution in [3.05, 3.63) is 68.8 Å². The topological polar surface area (TPSA) is 29.1 Å². The predicted octanol–water partition coefficient (Wildman–Crippen LogP) is 4.99. The maximum absolute atomic E-state index is 13.2. The molecule has 2 aromatic rings. The van der Waals surface area contributed by atoms with Gasteiger partial charge in [-0.15, -0.1) is 0 Å². The van der Waals surface area contributed by atoms with Crippen LogP contribution in [-0.2, 0) is 6.18 Å². The molecule has 0 saturated heterocycles. The van der Waals surface area contributed by atoms with E-state index in [9.17, 15) is 18.0 Å². The first-order valence-electron chi connectivity index (χ1n) is 7.59. The van der Waals surface area contributed by atoms with Crippen LogP contribution >= 0.6 is 22.6 Å². The Morgan fingerprint density at radius 3 is 2.33 bits per heavy atom. The fourth-order valence-corrected chi connectivity index (χ4v) is 3.65. The van der Waals surface area contributed by atoms with Crippen molar-refractivity contribution in [2.24, 2.45) is 0 Å².